The van der Waals surface area contributed by atoms with Gasteiger partial charge < -0.3 is 5.73 Å². The fraction of sp³-hybridized carbons (Fsp3) is 1.00. The quantitative estimate of drug-likeness (QED) is 0.623. The van der Waals surface area contributed by atoms with Gasteiger partial charge in [0.05, 0.1) is 0 Å². The van der Waals surface area contributed by atoms with Crippen LogP contribution in [-0.2, 0) is 0 Å². The second-order valence-electron chi connectivity index (χ2n) is 3.81. The predicted molar refractivity (Wildman–Crippen MR) is 59.7 cm³/mol. The van der Waals surface area contributed by atoms with Crippen LogP contribution in [0.2, 0.25) is 0 Å². The van der Waals surface area contributed by atoms with Crippen LogP contribution in [0.25, 0.3) is 0 Å². The molecule has 74 valence electrons. The maximum absolute atomic E-state index is 5.94. The summed E-state index contributed by atoms with van der Waals surface area (Å²) in [6, 6.07) is 0.420. The Morgan fingerprint density at radius 1 is 1.25 bits per heavy atom. The zero-order valence-corrected chi connectivity index (χ0v) is 9.49. The van der Waals surface area contributed by atoms with E-state index >= 15 is 0 Å². The van der Waals surface area contributed by atoms with Crippen LogP contribution < -0.4 is 5.73 Å². The highest BCUT2D eigenvalue weighted by Gasteiger charge is 2.03. The fourth-order valence-corrected chi connectivity index (χ4v) is 1.93. The van der Waals surface area contributed by atoms with E-state index in [0.717, 1.165) is 11.7 Å². The van der Waals surface area contributed by atoms with Crippen LogP contribution in [0.5, 0.6) is 0 Å². The zero-order valence-electron chi connectivity index (χ0n) is 8.68. The lowest BCUT2D eigenvalue weighted by atomic mass is 10.1. The van der Waals surface area contributed by atoms with Gasteiger partial charge in [-0.3, -0.25) is 0 Å². The Bertz CT molecular complexity index is 93.8. The SMILES string of the molecule is CCCSCC(N)CCC(C)C. The molecule has 0 bridgehead atoms. The number of rotatable bonds is 7. The molecule has 0 rings (SSSR count). The topological polar surface area (TPSA) is 26.0 Å². The smallest absolute Gasteiger partial charge is 0.0130 e. The molecule has 0 fully saturated rings. The molecule has 1 atom stereocenters. The minimum atomic E-state index is 0.420. The van der Waals surface area contributed by atoms with Crippen molar-refractivity contribution in [3.8, 4) is 0 Å². The molecule has 0 saturated heterocycles. The van der Waals surface area contributed by atoms with Gasteiger partial charge in [0.1, 0.15) is 0 Å². The molecule has 2 N–H and O–H groups in total. The molecule has 0 heterocycles. The van der Waals surface area contributed by atoms with Crippen molar-refractivity contribution in [3.05, 3.63) is 0 Å². The maximum atomic E-state index is 5.94. The summed E-state index contributed by atoms with van der Waals surface area (Å²) in [7, 11) is 0. The Morgan fingerprint density at radius 3 is 2.42 bits per heavy atom. The molecule has 0 amide bonds. The largest absolute Gasteiger partial charge is 0.327 e. The first kappa shape index (κ1) is 12.3. The highest BCUT2D eigenvalue weighted by atomic mass is 32.2. The van der Waals surface area contributed by atoms with E-state index in [9.17, 15) is 0 Å². The van der Waals surface area contributed by atoms with E-state index in [0.29, 0.717) is 6.04 Å². The van der Waals surface area contributed by atoms with Crippen molar-refractivity contribution in [1.29, 1.82) is 0 Å². The monoisotopic (exact) mass is 189 g/mol. The molecular weight excluding hydrogens is 166 g/mol. The van der Waals surface area contributed by atoms with Gasteiger partial charge in [0, 0.05) is 11.8 Å². The van der Waals surface area contributed by atoms with Crippen LogP contribution >= 0.6 is 11.8 Å². The molecule has 0 radical (unpaired) electrons. The van der Waals surface area contributed by atoms with Gasteiger partial charge >= 0.3 is 0 Å². The summed E-state index contributed by atoms with van der Waals surface area (Å²) in [6.07, 6.45) is 3.73. The first-order valence-electron chi connectivity index (χ1n) is 5.00. The lowest BCUT2D eigenvalue weighted by molar-refractivity contribution is 0.517. The zero-order chi connectivity index (χ0) is 9.40. The van der Waals surface area contributed by atoms with Gasteiger partial charge in [-0.2, -0.15) is 11.8 Å². The Labute approximate surface area is 81.5 Å². The summed E-state index contributed by atoms with van der Waals surface area (Å²) in [4.78, 5) is 0. The van der Waals surface area contributed by atoms with Gasteiger partial charge in [0.15, 0.2) is 0 Å². The van der Waals surface area contributed by atoms with Crippen molar-refractivity contribution in [3.63, 3.8) is 0 Å². The third-order valence-corrected chi connectivity index (χ3v) is 3.16. The van der Waals surface area contributed by atoms with Gasteiger partial charge in [-0.05, 0) is 30.9 Å². The average Bonchev–Trinajstić information content (AvgIpc) is 2.01. The number of hydrogen-bond acceptors (Lipinski definition) is 2. The first-order valence-corrected chi connectivity index (χ1v) is 6.15. The van der Waals surface area contributed by atoms with E-state index in [1.165, 1.54) is 25.0 Å². The van der Waals surface area contributed by atoms with Gasteiger partial charge in [-0.1, -0.05) is 20.8 Å². The van der Waals surface area contributed by atoms with Gasteiger partial charge in [-0.15, -0.1) is 0 Å². The molecule has 0 aliphatic heterocycles. The highest BCUT2D eigenvalue weighted by molar-refractivity contribution is 7.99. The summed E-state index contributed by atoms with van der Waals surface area (Å²) >= 11 is 1.99. The highest BCUT2D eigenvalue weighted by Crippen LogP contribution is 2.10. The summed E-state index contributed by atoms with van der Waals surface area (Å²) in [5, 5.41) is 0. The van der Waals surface area contributed by atoms with E-state index in [1.807, 2.05) is 11.8 Å². The molecule has 1 unspecified atom stereocenters. The molecule has 0 aliphatic rings. The molecule has 2 heteroatoms. The predicted octanol–water partition coefficient (Wildman–Crippen LogP) is 2.89. The van der Waals surface area contributed by atoms with Crippen LogP contribution in [0.1, 0.15) is 40.0 Å². The third kappa shape index (κ3) is 8.41. The second-order valence-corrected chi connectivity index (χ2v) is 4.96. The van der Waals surface area contributed by atoms with E-state index in [-0.39, 0.29) is 0 Å². The summed E-state index contributed by atoms with van der Waals surface area (Å²) < 4.78 is 0. The lowest BCUT2D eigenvalue weighted by Gasteiger charge is -2.11. The molecule has 0 aromatic rings. The number of hydrogen-bond donors (Lipinski definition) is 1. The van der Waals surface area contributed by atoms with Crippen molar-refractivity contribution in [2.75, 3.05) is 11.5 Å². The second kappa shape index (κ2) is 7.93. The molecule has 0 aromatic heterocycles. The fourth-order valence-electron chi connectivity index (χ4n) is 1.01. The third-order valence-electron chi connectivity index (χ3n) is 1.80. The average molecular weight is 189 g/mol. The van der Waals surface area contributed by atoms with E-state index in [1.54, 1.807) is 0 Å². The van der Waals surface area contributed by atoms with Crippen molar-refractivity contribution in [1.82, 2.24) is 0 Å². The molecule has 0 spiro atoms. The number of thioether (sulfide) groups is 1. The van der Waals surface area contributed by atoms with Crippen LogP contribution in [0, 0.1) is 5.92 Å². The summed E-state index contributed by atoms with van der Waals surface area (Å²) in [5.41, 5.74) is 5.94. The Hall–Kier alpha value is 0.310. The molecule has 1 nitrogen and oxygen atoms in total. The standard InChI is InChI=1S/C10H23NS/c1-4-7-12-8-10(11)6-5-9(2)3/h9-10H,4-8,11H2,1-3H3. The normalized spacial score (nSPS) is 13.8. The van der Waals surface area contributed by atoms with Crippen molar-refractivity contribution >= 4 is 11.8 Å². The van der Waals surface area contributed by atoms with Crippen molar-refractivity contribution < 1.29 is 0 Å². The first-order chi connectivity index (χ1) is 5.66. The molecular formula is C10H23NS. The maximum Gasteiger partial charge on any atom is 0.0130 e. The minimum Gasteiger partial charge on any atom is -0.327 e. The van der Waals surface area contributed by atoms with Crippen LogP contribution in [0.4, 0.5) is 0 Å². The van der Waals surface area contributed by atoms with E-state index in [4.69, 9.17) is 5.73 Å². The van der Waals surface area contributed by atoms with Gasteiger partial charge in [-0.25, -0.2) is 0 Å². The van der Waals surface area contributed by atoms with Crippen LogP contribution in [0.3, 0.4) is 0 Å². The van der Waals surface area contributed by atoms with Gasteiger partial charge in [0.25, 0.3) is 0 Å². The Morgan fingerprint density at radius 2 is 1.92 bits per heavy atom. The van der Waals surface area contributed by atoms with Crippen molar-refractivity contribution in [2.45, 2.75) is 46.1 Å². The molecule has 0 saturated carbocycles. The lowest BCUT2D eigenvalue weighted by Crippen LogP contribution is -2.23. The summed E-state index contributed by atoms with van der Waals surface area (Å²) in [5.74, 6) is 3.20. The van der Waals surface area contributed by atoms with Gasteiger partial charge in [0.2, 0.25) is 0 Å². The Balaban J connectivity index is 3.15. The molecule has 0 aromatic carbocycles. The van der Waals surface area contributed by atoms with Crippen molar-refractivity contribution in [2.24, 2.45) is 11.7 Å². The van der Waals surface area contributed by atoms with E-state index < -0.39 is 0 Å². The molecule has 0 aliphatic carbocycles. The van der Waals surface area contributed by atoms with E-state index in [2.05, 4.69) is 20.8 Å². The number of nitrogens with two attached hydrogens (primary N) is 1. The Kier molecular flexibility index (Phi) is 8.14. The minimum absolute atomic E-state index is 0.420. The summed E-state index contributed by atoms with van der Waals surface area (Å²) in [6.45, 7) is 6.73. The van der Waals surface area contributed by atoms with Crippen LogP contribution in [-0.4, -0.2) is 17.5 Å². The van der Waals surface area contributed by atoms with Crippen LogP contribution in [0.15, 0.2) is 0 Å². The molecule has 12 heavy (non-hydrogen) atoms.